The van der Waals surface area contributed by atoms with E-state index in [0.717, 1.165) is 71.0 Å². The SMILES string of the molecule is CSN1CCc2cc(COCCCCC3CCN(C(=O)OC(C)C)CC3)ccc2C1. The molecule has 1 fully saturated rings. The van der Waals surface area contributed by atoms with E-state index in [2.05, 4.69) is 28.8 Å². The quantitative estimate of drug-likeness (QED) is 0.391. The van der Waals surface area contributed by atoms with E-state index >= 15 is 0 Å². The number of fused-ring (bicyclic) bond motifs is 1. The number of hydrogen-bond acceptors (Lipinski definition) is 5. The normalized spacial score (nSPS) is 17.9. The lowest BCUT2D eigenvalue weighted by Crippen LogP contribution is -2.39. The molecule has 5 nitrogen and oxygen atoms in total. The van der Waals surface area contributed by atoms with Gasteiger partial charge in [-0.2, -0.15) is 0 Å². The van der Waals surface area contributed by atoms with Crippen LogP contribution in [-0.2, 0) is 29.0 Å². The lowest BCUT2D eigenvalue weighted by atomic mass is 9.92. The van der Waals surface area contributed by atoms with Crippen LogP contribution in [0.1, 0.15) is 62.6 Å². The first kappa shape index (κ1) is 23.4. The Balaban J connectivity index is 1.26. The van der Waals surface area contributed by atoms with Crippen LogP contribution in [0.4, 0.5) is 4.79 Å². The molecule has 0 unspecified atom stereocenters. The van der Waals surface area contributed by atoms with Crippen molar-refractivity contribution in [2.75, 3.05) is 32.5 Å². The second-order valence-corrected chi connectivity index (χ2v) is 9.69. The van der Waals surface area contributed by atoms with Crippen LogP contribution >= 0.6 is 11.9 Å². The molecule has 2 heterocycles. The number of carbonyl (C=O) groups is 1. The van der Waals surface area contributed by atoms with Gasteiger partial charge in [-0.3, -0.25) is 0 Å². The van der Waals surface area contributed by atoms with Gasteiger partial charge in [0.25, 0.3) is 0 Å². The maximum atomic E-state index is 12.0. The van der Waals surface area contributed by atoms with Crippen molar-refractivity contribution in [3.63, 3.8) is 0 Å². The van der Waals surface area contributed by atoms with Gasteiger partial charge in [0.2, 0.25) is 0 Å². The Morgan fingerprint density at radius 2 is 1.97 bits per heavy atom. The summed E-state index contributed by atoms with van der Waals surface area (Å²) in [6.45, 7) is 9.20. The number of unbranched alkanes of at least 4 members (excludes halogenated alkanes) is 1. The summed E-state index contributed by atoms with van der Waals surface area (Å²) in [6, 6.07) is 6.84. The largest absolute Gasteiger partial charge is 0.447 e. The van der Waals surface area contributed by atoms with Crippen molar-refractivity contribution >= 4 is 18.0 Å². The monoisotopic (exact) mass is 434 g/mol. The highest BCUT2D eigenvalue weighted by Gasteiger charge is 2.24. The van der Waals surface area contributed by atoms with E-state index < -0.39 is 0 Å². The molecule has 1 aromatic carbocycles. The molecule has 0 bridgehead atoms. The summed E-state index contributed by atoms with van der Waals surface area (Å²) in [7, 11) is 0. The van der Waals surface area contributed by atoms with E-state index in [0.29, 0.717) is 0 Å². The van der Waals surface area contributed by atoms with E-state index in [1.54, 1.807) is 0 Å². The van der Waals surface area contributed by atoms with Crippen molar-refractivity contribution in [1.29, 1.82) is 0 Å². The molecule has 3 rings (SSSR count). The predicted molar refractivity (Wildman–Crippen MR) is 123 cm³/mol. The summed E-state index contributed by atoms with van der Waals surface area (Å²) >= 11 is 1.83. The fraction of sp³-hybridized carbons (Fsp3) is 0.708. The second-order valence-electron chi connectivity index (χ2n) is 8.81. The number of rotatable bonds is 9. The zero-order valence-corrected chi connectivity index (χ0v) is 19.7. The molecule has 2 aliphatic rings. The summed E-state index contributed by atoms with van der Waals surface area (Å²) in [5.74, 6) is 0.731. The van der Waals surface area contributed by atoms with E-state index in [9.17, 15) is 4.79 Å². The highest BCUT2D eigenvalue weighted by atomic mass is 32.2. The molecule has 1 amide bonds. The Labute approximate surface area is 186 Å². The smallest absolute Gasteiger partial charge is 0.410 e. The molecule has 1 aromatic rings. The van der Waals surface area contributed by atoms with Gasteiger partial charge in [-0.1, -0.05) is 43.0 Å². The van der Waals surface area contributed by atoms with Crippen LogP contribution in [0.5, 0.6) is 0 Å². The van der Waals surface area contributed by atoms with Gasteiger partial charge in [-0.05, 0) is 68.4 Å². The average molecular weight is 435 g/mol. The third-order valence-electron chi connectivity index (χ3n) is 6.14. The molecule has 1 saturated heterocycles. The molecule has 0 atom stereocenters. The average Bonchev–Trinajstić information content (AvgIpc) is 2.75. The Bertz CT molecular complexity index is 674. The first-order valence-corrected chi connectivity index (χ1v) is 12.7. The number of carbonyl (C=O) groups excluding carboxylic acids is 1. The van der Waals surface area contributed by atoms with Crippen molar-refractivity contribution in [3.8, 4) is 0 Å². The Morgan fingerprint density at radius 1 is 1.17 bits per heavy atom. The van der Waals surface area contributed by atoms with Crippen LogP contribution in [0.25, 0.3) is 0 Å². The maximum Gasteiger partial charge on any atom is 0.410 e. The van der Waals surface area contributed by atoms with Crippen molar-refractivity contribution in [1.82, 2.24) is 9.21 Å². The van der Waals surface area contributed by atoms with Gasteiger partial charge < -0.3 is 14.4 Å². The summed E-state index contributed by atoms with van der Waals surface area (Å²) in [6.07, 6.45) is 8.84. The zero-order valence-electron chi connectivity index (χ0n) is 18.9. The van der Waals surface area contributed by atoms with Crippen LogP contribution in [0.15, 0.2) is 18.2 Å². The summed E-state index contributed by atoms with van der Waals surface area (Å²) < 4.78 is 13.7. The Hall–Kier alpha value is -1.24. The molecule has 168 valence electrons. The second kappa shape index (κ2) is 12.0. The van der Waals surface area contributed by atoms with Crippen LogP contribution in [0, 0.1) is 5.92 Å². The van der Waals surface area contributed by atoms with Crippen molar-refractivity contribution in [2.24, 2.45) is 5.92 Å². The van der Waals surface area contributed by atoms with Crippen LogP contribution in [0.2, 0.25) is 0 Å². The summed E-state index contributed by atoms with van der Waals surface area (Å²) in [5.41, 5.74) is 4.25. The number of likely N-dealkylation sites (tertiary alicyclic amines) is 1. The number of benzene rings is 1. The number of amides is 1. The number of nitrogens with zero attached hydrogens (tertiary/aromatic N) is 2. The molecular formula is C24H38N2O3S. The Kier molecular flexibility index (Phi) is 9.34. The number of hydrogen-bond donors (Lipinski definition) is 0. The highest BCUT2D eigenvalue weighted by Crippen LogP contribution is 2.25. The standard InChI is InChI=1S/C24H38N2O3S/c1-19(2)29-24(27)25-12-9-20(10-13-25)6-4-5-15-28-18-21-7-8-23-17-26(30-3)14-11-22(23)16-21/h7-8,16,19-20H,4-6,9-15,17-18H2,1-3H3. The zero-order chi connectivity index (χ0) is 21.3. The highest BCUT2D eigenvalue weighted by molar-refractivity contribution is 7.96. The molecule has 0 spiro atoms. The van der Waals surface area contributed by atoms with Gasteiger partial charge >= 0.3 is 6.09 Å². The molecule has 0 N–H and O–H groups in total. The molecular weight excluding hydrogens is 396 g/mol. The van der Waals surface area contributed by atoms with Crippen molar-refractivity contribution in [2.45, 2.75) is 71.6 Å². The van der Waals surface area contributed by atoms with Crippen LogP contribution in [0.3, 0.4) is 0 Å². The van der Waals surface area contributed by atoms with E-state index in [-0.39, 0.29) is 12.2 Å². The van der Waals surface area contributed by atoms with Crippen LogP contribution < -0.4 is 0 Å². The fourth-order valence-electron chi connectivity index (χ4n) is 4.33. The van der Waals surface area contributed by atoms with E-state index in [4.69, 9.17) is 9.47 Å². The first-order chi connectivity index (χ1) is 14.5. The Morgan fingerprint density at radius 3 is 2.70 bits per heavy atom. The fourth-order valence-corrected chi connectivity index (χ4v) is 4.88. The summed E-state index contributed by atoms with van der Waals surface area (Å²) in [4.78, 5) is 13.8. The molecule has 0 radical (unpaired) electrons. The molecule has 0 aromatic heterocycles. The van der Waals surface area contributed by atoms with E-state index in [1.165, 1.54) is 29.5 Å². The minimum atomic E-state index is -0.152. The van der Waals surface area contributed by atoms with Crippen molar-refractivity contribution in [3.05, 3.63) is 34.9 Å². The van der Waals surface area contributed by atoms with Gasteiger partial charge in [0, 0.05) is 32.8 Å². The van der Waals surface area contributed by atoms with Gasteiger partial charge in [0.1, 0.15) is 0 Å². The third kappa shape index (κ3) is 7.17. The topological polar surface area (TPSA) is 42.0 Å². The van der Waals surface area contributed by atoms with Gasteiger partial charge in [-0.25, -0.2) is 9.10 Å². The first-order valence-electron chi connectivity index (χ1n) is 11.5. The molecule has 0 saturated carbocycles. The minimum absolute atomic E-state index is 0.0398. The van der Waals surface area contributed by atoms with Gasteiger partial charge in [0.05, 0.1) is 12.7 Å². The van der Waals surface area contributed by atoms with Crippen molar-refractivity contribution < 1.29 is 14.3 Å². The lowest BCUT2D eigenvalue weighted by Gasteiger charge is -2.31. The number of piperidine rings is 1. The minimum Gasteiger partial charge on any atom is -0.447 e. The molecule has 0 aliphatic carbocycles. The lowest BCUT2D eigenvalue weighted by molar-refractivity contribution is 0.0642. The third-order valence-corrected chi connectivity index (χ3v) is 6.96. The number of ether oxygens (including phenoxy) is 2. The summed E-state index contributed by atoms with van der Waals surface area (Å²) in [5, 5.41) is 0. The van der Waals surface area contributed by atoms with Gasteiger partial charge in [-0.15, -0.1) is 0 Å². The van der Waals surface area contributed by atoms with Gasteiger partial charge in [0.15, 0.2) is 0 Å². The van der Waals surface area contributed by atoms with E-state index in [1.807, 2.05) is 30.7 Å². The molecule has 30 heavy (non-hydrogen) atoms. The maximum absolute atomic E-state index is 12.0. The molecule has 2 aliphatic heterocycles. The molecule has 6 heteroatoms. The van der Waals surface area contributed by atoms with Crippen LogP contribution in [-0.4, -0.2) is 53.9 Å². The predicted octanol–water partition coefficient (Wildman–Crippen LogP) is 5.27.